The third kappa shape index (κ3) is 3.63. The lowest BCUT2D eigenvalue weighted by molar-refractivity contribution is -0.119. The average molecular weight is 345 g/mol. The van der Waals surface area contributed by atoms with Crippen LogP contribution in [0.1, 0.15) is 6.92 Å². The first-order chi connectivity index (χ1) is 9.10. The third-order valence-corrected chi connectivity index (χ3v) is 4.22. The number of carbonyl (C=O) groups excluding carboxylic acids is 2. The van der Waals surface area contributed by atoms with Crippen LogP contribution in [0.4, 0.5) is 10.5 Å². The van der Waals surface area contributed by atoms with Gasteiger partial charge in [0.15, 0.2) is 0 Å². The van der Waals surface area contributed by atoms with Gasteiger partial charge in [-0.2, -0.15) is 0 Å². The lowest BCUT2D eigenvalue weighted by Crippen LogP contribution is -2.33. The molecule has 0 radical (unpaired) electrons. The molecule has 1 fully saturated rings. The van der Waals surface area contributed by atoms with Gasteiger partial charge in [-0.25, -0.2) is 4.79 Å². The fourth-order valence-electron chi connectivity index (χ4n) is 1.80. The molecule has 2 rings (SSSR count). The summed E-state index contributed by atoms with van der Waals surface area (Å²) in [5, 5.41) is 2.65. The topological polar surface area (TPSA) is 58.6 Å². The number of ether oxygens (including phenoxy) is 1. The highest BCUT2D eigenvalue weighted by atomic mass is 79.9. The summed E-state index contributed by atoms with van der Waals surface area (Å²) >= 11 is 3.30. The Balaban J connectivity index is 2.04. The predicted molar refractivity (Wildman–Crippen MR) is 77.5 cm³/mol. The Kier molecular flexibility index (Phi) is 4.71. The van der Waals surface area contributed by atoms with E-state index in [0.29, 0.717) is 13.1 Å². The minimum atomic E-state index is -0.382. The number of cyclic esters (lactones) is 1. The van der Waals surface area contributed by atoms with Crippen LogP contribution in [-0.2, 0) is 9.53 Å². The second-order valence-electron chi connectivity index (χ2n) is 4.13. The van der Waals surface area contributed by atoms with Gasteiger partial charge in [-0.15, -0.1) is 0 Å². The van der Waals surface area contributed by atoms with E-state index in [0.717, 1.165) is 10.6 Å². The SMILES string of the molecule is CC(=O)NC[C@H]1CN(c2cccc(SBr)c2)C(=O)O1. The van der Waals surface area contributed by atoms with Gasteiger partial charge in [0.05, 0.1) is 13.1 Å². The standard InChI is InChI=1S/C12H13BrN2O3S/c1-8(16)14-6-10-7-15(12(17)18-10)9-3-2-4-11(5-9)19-13/h2-5,10H,6-7H2,1H3,(H,14,16)/t10-/m0/s1. The summed E-state index contributed by atoms with van der Waals surface area (Å²) in [4.78, 5) is 25.2. The molecule has 1 aromatic rings. The first-order valence-corrected chi connectivity index (χ1v) is 8.37. The van der Waals surface area contributed by atoms with Crippen molar-refractivity contribution in [3.8, 4) is 0 Å². The van der Waals surface area contributed by atoms with Gasteiger partial charge < -0.3 is 10.1 Å². The Morgan fingerprint density at radius 2 is 2.42 bits per heavy atom. The largest absolute Gasteiger partial charge is 0.442 e. The number of benzene rings is 1. The molecule has 1 aliphatic rings. The molecular formula is C12H13BrN2O3S. The zero-order chi connectivity index (χ0) is 13.8. The maximum atomic E-state index is 11.8. The van der Waals surface area contributed by atoms with Gasteiger partial charge in [-0.05, 0) is 43.2 Å². The maximum absolute atomic E-state index is 11.8. The van der Waals surface area contributed by atoms with Crippen LogP contribution in [0.3, 0.4) is 0 Å². The Hall–Kier alpha value is -1.21. The van der Waals surface area contributed by atoms with Crippen LogP contribution >= 0.6 is 25.0 Å². The van der Waals surface area contributed by atoms with E-state index in [2.05, 4.69) is 20.1 Å². The van der Waals surface area contributed by atoms with Crippen molar-refractivity contribution in [1.29, 1.82) is 0 Å². The van der Waals surface area contributed by atoms with Gasteiger partial charge in [0.2, 0.25) is 5.91 Å². The Morgan fingerprint density at radius 3 is 3.11 bits per heavy atom. The third-order valence-electron chi connectivity index (χ3n) is 2.67. The van der Waals surface area contributed by atoms with Crippen LogP contribution in [-0.4, -0.2) is 31.2 Å². The number of anilines is 1. The summed E-state index contributed by atoms with van der Waals surface area (Å²) in [5.41, 5.74) is 0.791. The maximum Gasteiger partial charge on any atom is 0.414 e. The fraction of sp³-hybridized carbons (Fsp3) is 0.333. The average Bonchev–Trinajstić information content (AvgIpc) is 2.78. The smallest absolute Gasteiger partial charge is 0.414 e. The van der Waals surface area contributed by atoms with Crippen molar-refractivity contribution in [2.75, 3.05) is 18.0 Å². The number of hydrogen-bond acceptors (Lipinski definition) is 4. The monoisotopic (exact) mass is 344 g/mol. The van der Waals surface area contributed by atoms with Gasteiger partial charge in [-0.3, -0.25) is 9.69 Å². The summed E-state index contributed by atoms with van der Waals surface area (Å²) < 4.78 is 5.21. The van der Waals surface area contributed by atoms with E-state index in [4.69, 9.17) is 4.74 Å². The fourth-order valence-corrected chi connectivity index (χ4v) is 2.70. The van der Waals surface area contributed by atoms with Gasteiger partial charge in [0.1, 0.15) is 6.10 Å². The molecular weight excluding hydrogens is 332 g/mol. The summed E-state index contributed by atoms with van der Waals surface area (Å²) in [7, 11) is 1.43. The summed E-state index contributed by atoms with van der Waals surface area (Å²) in [5.74, 6) is -0.132. The molecule has 7 heteroatoms. The van der Waals surface area contributed by atoms with E-state index in [1.54, 1.807) is 4.90 Å². The highest BCUT2D eigenvalue weighted by Crippen LogP contribution is 2.29. The molecule has 1 atom stereocenters. The second kappa shape index (κ2) is 6.29. The number of halogens is 1. The van der Waals surface area contributed by atoms with E-state index in [9.17, 15) is 9.59 Å². The van der Waals surface area contributed by atoms with Crippen molar-refractivity contribution >= 4 is 42.7 Å². The summed E-state index contributed by atoms with van der Waals surface area (Å²) in [6.07, 6.45) is -0.691. The highest BCUT2D eigenvalue weighted by molar-refractivity contribution is 9.50. The van der Waals surface area contributed by atoms with Crippen LogP contribution in [0.25, 0.3) is 0 Å². The minimum absolute atomic E-state index is 0.132. The predicted octanol–water partition coefficient (Wildman–Crippen LogP) is 2.55. The molecule has 1 heterocycles. The molecule has 102 valence electrons. The molecule has 1 N–H and O–H groups in total. The Bertz CT molecular complexity index is 498. The van der Waals surface area contributed by atoms with E-state index >= 15 is 0 Å². The van der Waals surface area contributed by atoms with Crippen molar-refractivity contribution in [1.82, 2.24) is 5.32 Å². The number of hydrogen-bond donors (Lipinski definition) is 1. The number of nitrogens with one attached hydrogen (secondary N) is 1. The number of carbonyl (C=O) groups is 2. The van der Waals surface area contributed by atoms with Crippen molar-refractivity contribution in [2.45, 2.75) is 17.9 Å². The lowest BCUT2D eigenvalue weighted by atomic mass is 10.2. The van der Waals surface area contributed by atoms with Crippen LogP contribution in [0.15, 0.2) is 29.2 Å². The summed E-state index contributed by atoms with van der Waals surface area (Å²) in [6.45, 7) is 2.21. The van der Waals surface area contributed by atoms with Crippen molar-refractivity contribution < 1.29 is 14.3 Å². The summed E-state index contributed by atoms with van der Waals surface area (Å²) in [6, 6.07) is 7.59. The Labute approximate surface area is 122 Å². The van der Waals surface area contributed by atoms with Crippen LogP contribution in [0, 0.1) is 0 Å². The molecule has 0 aromatic heterocycles. The molecule has 2 amide bonds. The van der Waals surface area contributed by atoms with Gasteiger partial charge in [0.25, 0.3) is 0 Å². The van der Waals surface area contributed by atoms with Crippen LogP contribution in [0.5, 0.6) is 0 Å². The van der Waals surface area contributed by atoms with Gasteiger partial charge in [0, 0.05) is 17.5 Å². The van der Waals surface area contributed by atoms with Gasteiger partial charge >= 0.3 is 6.09 Å². The zero-order valence-electron chi connectivity index (χ0n) is 10.3. The minimum Gasteiger partial charge on any atom is -0.442 e. The first-order valence-electron chi connectivity index (χ1n) is 5.71. The first kappa shape index (κ1) is 14.2. The molecule has 0 aliphatic carbocycles. The zero-order valence-corrected chi connectivity index (χ0v) is 12.7. The van der Waals surface area contributed by atoms with E-state index in [1.165, 1.54) is 17.1 Å². The van der Waals surface area contributed by atoms with Gasteiger partial charge in [-0.1, -0.05) is 6.07 Å². The Morgan fingerprint density at radius 1 is 1.63 bits per heavy atom. The lowest BCUT2D eigenvalue weighted by Gasteiger charge is -2.13. The number of amides is 2. The van der Waals surface area contributed by atoms with E-state index in [1.807, 2.05) is 24.3 Å². The van der Waals surface area contributed by atoms with Crippen molar-refractivity contribution in [3.05, 3.63) is 24.3 Å². The number of rotatable bonds is 4. The second-order valence-corrected chi connectivity index (χ2v) is 5.72. The quantitative estimate of drug-likeness (QED) is 0.911. The molecule has 1 aromatic carbocycles. The molecule has 0 saturated carbocycles. The van der Waals surface area contributed by atoms with E-state index < -0.39 is 0 Å². The molecule has 0 spiro atoms. The molecule has 19 heavy (non-hydrogen) atoms. The van der Waals surface area contributed by atoms with Crippen LogP contribution in [0.2, 0.25) is 0 Å². The highest BCUT2D eigenvalue weighted by Gasteiger charge is 2.32. The van der Waals surface area contributed by atoms with Crippen molar-refractivity contribution in [3.63, 3.8) is 0 Å². The molecule has 0 unspecified atom stereocenters. The normalized spacial score (nSPS) is 18.3. The number of nitrogens with zero attached hydrogens (tertiary/aromatic N) is 1. The van der Waals surface area contributed by atoms with E-state index in [-0.39, 0.29) is 18.1 Å². The van der Waals surface area contributed by atoms with Crippen molar-refractivity contribution in [2.24, 2.45) is 0 Å². The molecule has 1 saturated heterocycles. The molecule has 0 bridgehead atoms. The van der Waals surface area contributed by atoms with Crippen LogP contribution < -0.4 is 10.2 Å². The molecule has 1 aliphatic heterocycles. The molecule has 5 nitrogen and oxygen atoms in total.